The molecule has 158 valence electrons. The molecule has 2 aromatic carbocycles. The van der Waals surface area contributed by atoms with Crippen molar-refractivity contribution in [2.24, 2.45) is 0 Å². The molecule has 2 heterocycles. The smallest absolute Gasteiger partial charge is 0.416 e. The summed E-state index contributed by atoms with van der Waals surface area (Å²) in [6.07, 6.45) is -1.43. The van der Waals surface area contributed by atoms with Gasteiger partial charge in [-0.25, -0.2) is 0 Å². The number of para-hydroxylation sites is 1. The first kappa shape index (κ1) is 20.5. The maximum Gasteiger partial charge on any atom is 0.416 e. The van der Waals surface area contributed by atoms with Crippen LogP contribution in [0.2, 0.25) is 0 Å². The van der Waals surface area contributed by atoms with Crippen LogP contribution in [0, 0.1) is 0 Å². The number of hydrogen-bond donors (Lipinski definition) is 0. The zero-order valence-corrected chi connectivity index (χ0v) is 16.9. The number of fused-ring (bicyclic) bond motifs is 1. The highest BCUT2D eigenvalue weighted by Crippen LogP contribution is 2.37. The molecule has 0 bridgehead atoms. The second-order valence-electron chi connectivity index (χ2n) is 7.52. The van der Waals surface area contributed by atoms with Crippen LogP contribution in [0.1, 0.15) is 41.8 Å². The average molecular weight is 414 g/mol. The highest BCUT2D eigenvalue weighted by Gasteiger charge is 2.33. The van der Waals surface area contributed by atoms with Crippen molar-refractivity contribution in [3.8, 4) is 5.75 Å². The lowest BCUT2D eigenvalue weighted by Crippen LogP contribution is -2.30. The number of rotatable bonds is 5. The normalized spacial score (nSPS) is 17.4. The van der Waals surface area contributed by atoms with Gasteiger partial charge in [-0.3, -0.25) is 4.90 Å². The van der Waals surface area contributed by atoms with E-state index in [4.69, 9.17) is 4.74 Å². The molecule has 0 aliphatic carbocycles. The summed E-state index contributed by atoms with van der Waals surface area (Å²) in [6, 6.07) is 17.3. The standard InChI is InChI=1S/C24H25F3N2O/c1-2-30-22-12-4-3-8-19(22)17-29-15-7-14-28-13-6-11-21(28)23(29)18-9-5-10-20(16-18)24(25,26)27/h3-6,8-13,16,23H,2,7,14-15,17H2,1H3. The van der Waals surface area contributed by atoms with Crippen LogP contribution < -0.4 is 4.74 Å². The molecule has 0 fully saturated rings. The Bertz CT molecular complexity index is 996. The summed E-state index contributed by atoms with van der Waals surface area (Å²) in [5, 5.41) is 0. The van der Waals surface area contributed by atoms with Crippen LogP contribution in [0.4, 0.5) is 13.2 Å². The number of halogens is 3. The second kappa shape index (κ2) is 8.56. The van der Waals surface area contributed by atoms with Gasteiger partial charge in [-0.2, -0.15) is 13.2 Å². The molecule has 3 nitrogen and oxygen atoms in total. The van der Waals surface area contributed by atoms with Gasteiger partial charge >= 0.3 is 6.18 Å². The Labute approximate surface area is 174 Å². The van der Waals surface area contributed by atoms with Crippen molar-refractivity contribution >= 4 is 0 Å². The van der Waals surface area contributed by atoms with Crippen LogP contribution in [0.15, 0.2) is 66.9 Å². The van der Waals surface area contributed by atoms with E-state index < -0.39 is 11.7 Å². The monoisotopic (exact) mass is 414 g/mol. The molecule has 1 aromatic heterocycles. The van der Waals surface area contributed by atoms with Crippen molar-refractivity contribution in [3.05, 3.63) is 89.2 Å². The molecule has 4 rings (SSSR count). The third kappa shape index (κ3) is 4.24. The first-order valence-corrected chi connectivity index (χ1v) is 10.2. The molecular formula is C24H25F3N2O. The van der Waals surface area contributed by atoms with E-state index in [1.54, 1.807) is 6.07 Å². The average Bonchev–Trinajstić information content (AvgIpc) is 3.10. The highest BCUT2D eigenvalue weighted by atomic mass is 19.4. The first-order chi connectivity index (χ1) is 14.5. The van der Waals surface area contributed by atoms with Gasteiger partial charge in [0.05, 0.1) is 18.2 Å². The Morgan fingerprint density at radius 1 is 1.00 bits per heavy atom. The summed E-state index contributed by atoms with van der Waals surface area (Å²) in [7, 11) is 0. The fourth-order valence-electron chi connectivity index (χ4n) is 4.23. The molecule has 0 saturated heterocycles. The van der Waals surface area contributed by atoms with Crippen LogP contribution in [0.5, 0.6) is 5.75 Å². The SMILES string of the molecule is CCOc1ccccc1CN1CCCn2cccc2C1c1cccc(C(F)(F)F)c1. The molecule has 0 spiro atoms. The topological polar surface area (TPSA) is 17.4 Å². The summed E-state index contributed by atoms with van der Waals surface area (Å²) in [4.78, 5) is 2.26. The largest absolute Gasteiger partial charge is 0.494 e. The predicted molar refractivity (Wildman–Crippen MR) is 110 cm³/mol. The van der Waals surface area contributed by atoms with E-state index in [-0.39, 0.29) is 6.04 Å². The van der Waals surface area contributed by atoms with Gasteiger partial charge in [0.25, 0.3) is 0 Å². The highest BCUT2D eigenvalue weighted by molar-refractivity contribution is 5.36. The molecule has 1 atom stereocenters. The molecule has 0 N–H and O–H groups in total. The van der Waals surface area contributed by atoms with Gasteiger partial charge in [0.2, 0.25) is 0 Å². The number of alkyl halides is 3. The van der Waals surface area contributed by atoms with Gasteiger partial charge in [0.1, 0.15) is 5.75 Å². The van der Waals surface area contributed by atoms with Gasteiger partial charge in [-0.1, -0.05) is 30.3 Å². The molecule has 6 heteroatoms. The van der Waals surface area contributed by atoms with Crippen molar-refractivity contribution in [3.63, 3.8) is 0 Å². The van der Waals surface area contributed by atoms with Crippen LogP contribution >= 0.6 is 0 Å². The van der Waals surface area contributed by atoms with Crippen molar-refractivity contribution < 1.29 is 17.9 Å². The Kier molecular flexibility index (Phi) is 5.86. The zero-order valence-electron chi connectivity index (χ0n) is 16.9. The number of aromatic nitrogens is 1. The molecule has 3 aromatic rings. The van der Waals surface area contributed by atoms with Gasteiger partial charge < -0.3 is 9.30 Å². The second-order valence-corrected chi connectivity index (χ2v) is 7.52. The van der Waals surface area contributed by atoms with Crippen molar-refractivity contribution in [2.75, 3.05) is 13.2 Å². The molecule has 1 unspecified atom stereocenters. The molecule has 0 amide bonds. The van der Waals surface area contributed by atoms with Crippen LogP contribution in [-0.4, -0.2) is 22.6 Å². The van der Waals surface area contributed by atoms with Crippen molar-refractivity contribution in [2.45, 2.75) is 38.7 Å². The third-order valence-corrected chi connectivity index (χ3v) is 5.53. The van der Waals surface area contributed by atoms with Crippen LogP contribution in [0.3, 0.4) is 0 Å². The Hall–Kier alpha value is -2.73. The fraction of sp³-hybridized carbons (Fsp3) is 0.333. The van der Waals surface area contributed by atoms with Gasteiger partial charge in [-0.05, 0) is 49.2 Å². The summed E-state index contributed by atoms with van der Waals surface area (Å²) >= 11 is 0. The van der Waals surface area contributed by atoms with Crippen LogP contribution in [-0.2, 0) is 19.3 Å². The molecule has 1 aliphatic heterocycles. The molecule has 0 radical (unpaired) electrons. The molecule has 1 aliphatic rings. The van der Waals surface area contributed by atoms with E-state index in [9.17, 15) is 13.2 Å². The minimum Gasteiger partial charge on any atom is -0.494 e. The minimum absolute atomic E-state index is 0.264. The summed E-state index contributed by atoms with van der Waals surface area (Å²) in [5.41, 5.74) is 2.09. The minimum atomic E-state index is -4.37. The van der Waals surface area contributed by atoms with Gasteiger partial charge in [0, 0.05) is 37.1 Å². The third-order valence-electron chi connectivity index (χ3n) is 5.53. The first-order valence-electron chi connectivity index (χ1n) is 10.2. The molecule has 0 saturated carbocycles. The summed E-state index contributed by atoms with van der Waals surface area (Å²) < 4.78 is 48.1. The lowest BCUT2D eigenvalue weighted by molar-refractivity contribution is -0.137. The quantitative estimate of drug-likeness (QED) is 0.517. The number of aryl methyl sites for hydroxylation is 1. The number of nitrogens with zero attached hydrogens (tertiary/aromatic N) is 2. The van der Waals surface area contributed by atoms with E-state index >= 15 is 0 Å². The number of ether oxygens (including phenoxy) is 1. The van der Waals surface area contributed by atoms with Crippen LogP contribution in [0.25, 0.3) is 0 Å². The maximum absolute atomic E-state index is 13.4. The predicted octanol–water partition coefficient (Wildman–Crippen LogP) is 5.90. The molecule has 30 heavy (non-hydrogen) atoms. The summed E-state index contributed by atoms with van der Waals surface area (Å²) in [6.45, 7) is 4.74. The number of hydrogen-bond acceptors (Lipinski definition) is 2. The van der Waals surface area contributed by atoms with Gasteiger partial charge in [-0.15, -0.1) is 0 Å². The number of benzene rings is 2. The van der Waals surface area contributed by atoms with E-state index in [0.29, 0.717) is 18.7 Å². The van der Waals surface area contributed by atoms with E-state index in [1.807, 2.05) is 49.5 Å². The Morgan fingerprint density at radius 2 is 1.83 bits per heavy atom. The fourth-order valence-corrected chi connectivity index (χ4v) is 4.23. The van der Waals surface area contributed by atoms with E-state index in [1.165, 1.54) is 12.1 Å². The van der Waals surface area contributed by atoms with Gasteiger partial charge in [0.15, 0.2) is 0 Å². The van der Waals surface area contributed by atoms with Crippen molar-refractivity contribution in [1.82, 2.24) is 9.47 Å². The summed E-state index contributed by atoms with van der Waals surface area (Å²) in [5.74, 6) is 0.822. The Morgan fingerprint density at radius 3 is 2.63 bits per heavy atom. The molecular weight excluding hydrogens is 389 g/mol. The van der Waals surface area contributed by atoms with E-state index in [0.717, 1.165) is 42.6 Å². The van der Waals surface area contributed by atoms with E-state index in [2.05, 4.69) is 9.47 Å². The maximum atomic E-state index is 13.4. The lowest BCUT2D eigenvalue weighted by atomic mass is 9.98. The Balaban J connectivity index is 1.76. The zero-order chi connectivity index (χ0) is 21.1. The van der Waals surface area contributed by atoms with Crippen molar-refractivity contribution in [1.29, 1.82) is 0 Å². The lowest BCUT2D eigenvalue weighted by Gasteiger charge is -2.31.